The van der Waals surface area contributed by atoms with Gasteiger partial charge in [-0.1, -0.05) is 61.0 Å². The average Bonchev–Trinajstić information content (AvgIpc) is 2.80. The van der Waals surface area contributed by atoms with Gasteiger partial charge in [-0.3, -0.25) is 0 Å². The van der Waals surface area contributed by atoms with Crippen LogP contribution in [0.15, 0.2) is 30.4 Å². The zero-order valence-corrected chi connectivity index (χ0v) is 15.9. The van der Waals surface area contributed by atoms with E-state index in [-0.39, 0.29) is 5.41 Å². The van der Waals surface area contributed by atoms with Gasteiger partial charge < -0.3 is 0 Å². The van der Waals surface area contributed by atoms with Gasteiger partial charge in [-0.15, -0.1) is 0 Å². The molecule has 0 amide bonds. The van der Waals surface area contributed by atoms with Crippen LogP contribution in [-0.2, 0) is 13.1 Å². The summed E-state index contributed by atoms with van der Waals surface area (Å²) >= 11 is 0. The lowest BCUT2D eigenvalue weighted by Crippen LogP contribution is -2.35. The lowest BCUT2D eigenvalue weighted by atomic mass is 9.84. The van der Waals surface area contributed by atoms with Crippen LogP contribution < -0.4 is 4.57 Å². The van der Waals surface area contributed by atoms with Crippen LogP contribution in [-0.4, -0.2) is 4.57 Å². The maximum atomic E-state index is 2.47. The maximum Gasteiger partial charge on any atom is 0.244 e. The Morgan fingerprint density at radius 1 is 1.14 bits per heavy atom. The summed E-state index contributed by atoms with van der Waals surface area (Å²) in [4.78, 5) is 0. The number of allylic oxidation sites excluding steroid dienone is 2. The minimum atomic E-state index is 0.233. The molecule has 0 saturated carbocycles. The Hall–Kier alpha value is -1.05. The van der Waals surface area contributed by atoms with Crippen LogP contribution in [0.5, 0.6) is 0 Å². The van der Waals surface area contributed by atoms with Crippen molar-refractivity contribution in [2.24, 2.45) is 10.8 Å². The van der Waals surface area contributed by atoms with E-state index in [1.165, 1.54) is 31.3 Å². The highest BCUT2D eigenvalue weighted by molar-refractivity contribution is 5.09. The maximum absolute atomic E-state index is 2.47. The topological polar surface area (TPSA) is 8.81 Å². The fraction of sp³-hybridized carbons (Fsp3) is 0.750. The van der Waals surface area contributed by atoms with E-state index in [1.807, 2.05) is 0 Å². The van der Waals surface area contributed by atoms with Gasteiger partial charge in [0.25, 0.3) is 0 Å². The lowest BCUT2D eigenvalue weighted by molar-refractivity contribution is -0.689. The van der Waals surface area contributed by atoms with Crippen LogP contribution in [0.3, 0.4) is 0 Å². The summed E-state index contributed by atoms with van der Waals surface area (Å²) < 4.78 is 4.63. The second kappa shape index (κ2) is 7.99. The number of nitrogens with zero attached hydrogens (tertiary/aromatic N) is 2. The second-order valence-electron chi connectivity index (χ2n) is 8.76. The molecular weight excluding hydrogens is 268 g/mol. The molecule has 1 aromatic heterocycles. The van der Waals surface area contributed by atoms with Crippen molar-refractivity contribution in [2.45, 2.75) is 87.2 Å². The first kappa shape index (κ1) is 19.0. The predicted octanol–water partition coefficient (Wildman–Crippen LogP) is 5.37. The molecule has 0 spiro atoms. The first-order chi connectivity index (χ1) is 10.1. The summed E-state index contributed by atoms with van der Waals surface area (Å²) in [5.41, 5.74) is 2.18. The molecule has 0 bridgehead atoms. The van der Waals surface area contributed by atoms with E-state index < -0.39 is 0 Å². The number of hydrogen-bond acceptors (Lipinski definition) is 0. The third-order valence-corrected chi connectivity index (χ3v) is 4.12. The summed E-state index contributed by atoms with van der Waals surface area (Å²) in [5, 5.41) is 0. The van der Waals surface area contributed by atoms with E-state index in [2.05, 4.69) is 82.4 Å². The molecule has 0 aromatic carbocycles. The Balaban J connectivity index is 2.73. The molecule has 2 nitrogen and oxygen atoms in total. The summed E-state index contributed by atoms with van der Waals surface area (Å²) in [6.45, 7) is 18.3. The first-order valence-electron chi connectivity index (χ1n) is 8.86. The summed E-state index contributed by atoms with van der Waals surface area (Å²) in [7, 11) is 0. The van der Waals surface area contributed by atoms with Crippen LogP contribution in [0.25, 0.3) is 0 Å². The monoisotopic (exact) mass is 305 g/mol. The molecular formula is C20H37N2+. The predicted molar refractivity (Wildman–Crippen MR) is 95.8 cm³/mol. The van der Waals surface area contributed by atoms with Crippen molar-refractivity contribution in [1.82, 2.24) is 4.57 Å². The number of unbranched alkanes of at least 4 members (excludes halogenated alkanes) is 1. The van der Waals surface area contributed by atoms with Gasteiger partial charge in [0.1, 0.15) is 18.9 Å². The molecule has 2 heteroatoms. The number of aromatic nitrogens is 2. The van der Waals surface area contributed by atoms with Crippen molar-refractivity contribution in [3.05, 3.63) is 30.4 Å². The van der Waals surface area contributed by atoms with Gasteiger partial charge in [-0.2, -0.15) is 0 Å². The van der Waals surface area contributed by atoms with E-state index in [0.29, 0.717) is 5.41 Å². The van der Waals surface area contributed by atoms with E-state index in [4.69, 9.17) is 0 Å². The van der Waals surface area contributed by atoms with E-state index in [0.717, 1.165) is 13.1 Å². The van der Waals surface area contributed by atoms with Crippen molar-refractivity contribution >= 4 is 0 Å². The van der Waals surface area contributed by atoms with Crippen molar-refractivity contribution in [3.63, 3.8) is 0 Å². The standard InChI is InChI=1S/C20H37N2/c1-8-9-13-21-14-15-22(17-21)16-18(20(5,6)7)11-10-12-19(2,3)4/h11,14-15,17H,8-10,12-13,16H2,1-7H3/q+1/b18-11-. The molecule has 1 rings (SSSR count). The minimum absolute atomic E-state index is 0.233. The molecule has 0 aliphatic carbocycles. The highest BCUT2D eigenvalue weighted by Crippen LogP contribution is 2.28. The minimum Gasteiger partial charge on any atom is -0.237 e. The molecule has 0 atom stereocenters. The molecule has 0 aliphatic rings. The van der Waals surface area contributed by atoms with Crippen LogP contribution in [0.1, 0.15) is 74.1 Å². The zero-order valence-electron chi connectivity index (χ0n) is 15.9. The third-order valence-electron chi connectivity index (χ3n) is 4.12. The van der Waals surface area contributed by atoms with Gasteiger partial charge in [0.2, 0.25) is 6.33 Å². The molecule has 1 aromatic rings. The Bertz CT molecular complexity index is 467. The molecule has 22 heavy (non-hydrogen) atoms. The third kappa shape index (κ3) is 7.29. The molecule has 0 aliphatic heterocycles. The smallest absolute Gasteiger partial charge is 0.237 e. The van der Waals surface area contributed by atoms with Crippen molar-refractivity contribution < 1.29 is 4.57 Å². The molecule has 1 heterocycles. The van der Waals surface area contributed by atoms with Crippen LogP contribution in [0, 0.1) is 10.8 Å². The normalized spacial score (nSPS) is 13.7. The zero-order chi connectivity index (χ0) is 16.8. The molecule has 0 radical (unpaired) electrons. The second-order valence-corrected chi connectivity index (χ2v) is 8.76. The van der Waals surface area contributed by atoms with Crippen LogP contribution in [0.4, 0.5) is 0 Å². The van der Waals surface area contributed by atoms with Gasteiger partial charge >= 0.3 is 0 Å². The highest BCUT2D eigenvalue weighted by Gasteiger charge is 2.20. The van der Waals surface area contributed by atoms with E-state index >= 15 is 0 Å². The first-order valence-corrected chi connectivity index (χ1v) is 8.86. The Kier molecular flexibility index (Phi) is 6.90. The van der Waals surface area contributed by atoms with Crippen LogP contribution >= 0.6 is 0 Å². The summed E-state index contributed by atoms with van der Waals surface area (Å²) in [5.74, 6) is 0. The van der Waals surface area contributed by atoms with E-state index in [9.17, 15) is 0 Å². The largest absolute Gasteiger partial charge is 0.244 e. The summed E-state index contributed by atoms with van der Waals surface area (Å²) in [6.07, 6.45) is 14.0. The number of hydrogen-bond donors (Lipinski definition) is 0. The summed E-state index contributed by atoms with van der Waals surface area (Å²) in [6, 6.07) is 0. The Morgan fingerprint density at radius 3 is 2.36 bits per heavy atom. The molecule has 0 fully saturated rings. The Morgan fingerprint density at radius 2 is 1.82 bits per heavy atom. The number of aryl methyl sites for hydroxylation is 1. The van der Waals surface area contributed by atoms with Gasteiger partial charge in [0.15, 0.2) is 0 Å². The quantitative estimate of drug-likeness (QED) is 0.473. The van der Waals surface area contributed by atoms with Crippen LogP contribution in [0.2, 0.25) is 0 Å². The van der Waals surface area contributed by atoms with Gasteiger partial charge in [-0.05, 0) is 35.7 Å². The molecule has 0 N–H and O–H groups in total. The van der Waals surface area contributed by atoms with Gasteiger partial charge in [0.05, 0.1) is 6.54 Å². The molecule has 126 valence electrons. The highest BCUT2D eigenvalue weighted by atomic mass is 15.1. The SMILES string of the molecule is CCCCn1cc[n+](C/C(=C/CCC(C)(C)C)C(C)(C)C)c1. The lowest BCUT2D eigenvalue weighted by Gasteiger charge is -2.23. The van der Waals surface area contributed by atoms with Crippen molar-refractivity contribution in [2.75, 3.05) is 0 Å². The average molecular weight is 306 g/mol. The van der Waals surface area contributed by atoms with E-state index in [1.54, 1.807) is 0 Å². The fourth-order valence-electron chi connectivity index (χ4n) is 2.49. The van der Waals surface area contributed by atoms with Crippen molar-refractivity contribution in [1.29, 1.82) is 0 Å². The molecule has 0 unspecified atom stereocenters. The molecule has 0 saturated heterocycles. The Labute approximate surface area is 138 Å². The van der Waals surface area contributed by atoms with Gasteiger partial charge in [-0.25, -0.2) is 9.13 Å². The van der Waals surface area contributed by atoms with Crippen molar-refractivity contribution in [3.8, 4) is 0 Å². The van der Waals surface area contributed by atoms with Gasteiger partial charge in [0, 0.05) is 0 Å². The number of rotatable bonds is 7. The number of imidazole rings is 1. The fourth-order valence-corrected chi connectivity index (χ4v) is 2.49.